The average molecular weight is 420 g/mol. The van der Waals surface area contributed by atoms with E-state index < -0.39 is 0 Å². The number of hydrogen-bond acceptors (Lipinski definition) is 3. The van der Waals surface area contributed by atoms with Crippen molar-refractivity contribution in [2.75, 3.05) is 13.7 Å². The van der Waals surface area contributed by atoms with E-state index in [1.165, 1.54) is 44.0 Å². The zero-order valence-electron chi connectivity index (χ0n) is 18.5. The van der Waals surface area contributed by atoms with Gasteiger partial charge in [0.2, 0.25) is 0 Å². The number of rotatable bonds is 9. The third-order valence-electron chi connectivity index (χ3n) is 6.43. The van der Waals surface area contributed by atoms with Gasteiger partial charge < -0.3 is 14.6 Å². The zero-order valence-corrected chi connectivity index (χ0v) is 18.5. The Morgan fingerprint density at radius 3 is 2.65 bits per heavy atom. The minimum absolute atomic E-state index is 0.0477. The lowest BCUT2D eigenvalue weighted by Crippen LogP contribution is -2.25. The molecule has 0 spiro atoms. The molecule has 1 aliphatic rings. The first-order valence-corrected chi connectivity index (χ1v) is 11.6. The number of imidazole rings is 1. The van der Waals surface area contributed by atoms with Crippen molar-refractivity contribution in [2.24, 2.45) is 5.92 Å². The molecule has 0 aliphatic heterocycles. The monoisotopic (exact) mass is 419 g/mol. The van der Waals surface area contributed by atoms with Gasteiger partial charge in [0.05, 0.1) is 18.1 Å². The van der Waals surface area contributed by atoms with Crippen LogP contribution in [0.1, 0.15) is 61.1 Å². The summed E-state index contributed by atoms with van der Waals surface area (Å²) in [5.74, 6) is 2.69. The van der Waals surface area contributed by atoms with Crippen LogP contribution < -0.4 is 10.1 Å². The SMILES string of the molecule is COc1ccc(C(=O)NCCCc2nc3ccccc3n2CCC2CCCCC2)cc1. The molecular weight excluding hydrogens is 386 g/mol. The number of benzene rings is 2. The van der Waals surface area contributed by atoms with Gasteiger partial charge in [0.1, 0.15) is 11.6 Å². The van der Waals surface area contributed by atoms with Crippen LogP contribution in [0.5, 0.6) is 5.75 Å². The molecule has 1 aromatic heterocycles. The van der Waals surface area contributed by atoms with Crippen LogP contribution in [0.4, 0.5) is 0 Å². The lowest BCUT2D eigenvalue weighted by Gasteiger charge is -2.22. The van der Waals surface area contributed by atoms with Crippen molar-refractivity contribution in [1.29, 1.82) is 0 Å². The molecule has 31 heavy (non-hydrogen) atoms. The third-order valence-corrected chi connectivity index (χ3v) is 6.43. The number of nitrogens with zero attached hydrogens (tertiary/aromatic N) is 2. The summed E-state index contributed by atoms with van der Waals surface area (Å²) >= 11 is 0. The molecule has 0 bridgehead atoms. The number of carbonyl (C=O) groups is 1. The molecule has 1 fully saturated rings. The van der Waals surface area contributed by atoms with Crippen molar-refractivity contribution in [2.45, 2.75) is 57.9 Å². The van der Waals surface area contributed by atoms with Gasteiger partial charge in [0.15, 0.2) is 0 Å². The van der Waals surface area contributed by atoms with Crippen LogP contribution in [-0.4, -0.2) is 29.1 Å². The maximum atomic E-state index is 12.4. The van der Waals surface area contributed by atoms with Crippen LogP contribution in [0.2, 0.25) is 0 Å². The minimum atomic E-state index is -0.0477. The van der Waals surface area contributed by atoms with Gasteiger partial charge >= 0.3 is 0 Å². The number of hydrogen-bond donors (Lipinski definition) is 1. The summed E-state index contributed by atoms with van der Waals surface area (Å²) < 4.78 is 7.56. The van der Waals surface area contributed by atoms with Gasteiger partial charge in [0.25, 0.3) is 5.91 Å². The number of ether oxygens (including phenoxy) is 1. The van der Waals surface area contributed by atoms with Crippen molar-refractivity contribution >= 4 is 16.9 Å². The molecule has 4 rings (SSSR count). The number of aryl methyl sites for hydroxylation is 2. The van der Waals surface area contributed by atoms with E-state index >= 15 is 0 Å². The van der Waals surface area contributed by atoms with Crippen molar-refractivity contribution < 1.29 is 9.53 Å². The van der Waals surface area contributed by atoms with E-state index in [2.05, 4.69) is 34.1 Å². The van der Waals surface area contributed by atoms with E-state index in [1.807, 2.05) is 12.1 Å². The fourth-order valence-corrected chi connectivity index (χ4v) is 4.65. The van der Waals surface area contributed by atoms with E-state index in [4.69, 9.17) is 9.72 Å². The van der Waals surface area contributed by atoms with Gasteiger partial charge in [0, 0.05) is 25.1 Å². The van der Waals surface area contributed by atoms with E-state index in [1.54, 1.807) is 19.2 Å². The number of aromatic nitrogens is 2. The Morgan fingerprint density at radius 2 is 1.87 bits per heavy atom. The van der Waals surface area contributed by atoms with Crippen LogP contribution in [0.3, 0.4) is 0 Å². The second-order valence-electron chi connectivity index (χ2n) is 8.55. The largest absolute Gasteiger partial charge is 0.497 e. The Kier molecular flexibility index (Phi) is 7.23. The Labute approximate surface area is 184 Å². The topological polar surface area (TPSA) is 56.1 Å². The highest BCUT2D eigenvalue weighted by atomic mass is 16.5. The maximum absolute atomic E-state index is 12.4. The molecular formula is C26H33N3O2. The van der Waals surface area contributed by atoms with Gasteiger partial charge in [-0.05, 0) is 55.2 Å². The molecule has 0 unspecified atom stereocenters. The molecule has 0 saturated heterocycles. The average Bonchev–Trinajstić information content (AvgIpc) is 3.18. The second kappa shape index (κ2) is 10.5. The fourth-order valence-electron chi connectivity index (χ4n) is 4.65. The molecule has 1 amide bonds. The summed E-state index contributed by atoms with van der Waals surface area (Å²) in [6.07, 6.45) is 9.89. The highest BCUT2D eigenvalue weighted by Crippen LogP contribution is 2.28. The molecule has 0 radical (unpaired) electrons. The lowest BCUT2D eigenvalue weighted by molar-refractivity contribution is 0.0953. The molecule has 2 aromatic carbocycles. The molecule has 1 heterocycles. The number of amides is 1. The predicted octanol–water partition coefficient (Wildman–Crippen LogP) is 5.38. The first-order chi connectivity index (χ1) is 15.2. The molecule has 5 heteroatoms. The maximum Gasteiger partial charge on any atom is 0.251 e. The van der Waals surface area contributed by atoms with Crippen molar-refractivity contribution in [3.05, 3.63) is 59.9 Å². The number of methoxy groups -OCH3 is 1. The standard InChI is InChI=1S/C26H33N3O2/c1-31-22-15-13-21(14-16-22)26(30)27-18-7-12-25-28-23-10-5-6-11-24(23)29(25)19-17-20-8-3-2-4-9-20/h5-6,10-11,13-16,20H,2-4,7-9,12,17-19H2,1H3,(H,27,30). The fraction of sp³-hybridized carbons (Fsp3) is 0.462. The summed E-state index contributed by atoms with van der Waals surface area (Å²) in [4.78, 5) is 17.3. The van der Waals surface area contributed by atoms with Crippen LogP contribution in [0.25, 0.3) is 11.0 Å². The van der Waals surface area contributed by atoms with Gasteiger partial charge in [-0.15, -0.1) is 0 Å². The van der Waals surface area contributed by atoms with E-state index in [9.17, 15) is 4.79 Å². The predicted molar refractivity (Wildman–Crippen MR) is 125 cm³/mol. The molecule has 0 atom stereocenters. The van der Waals surface area contributed by atoms with E-state index in [-0.39, 0.29) is 5.91 Å². The van der Waals surface area contributed by atoms with Gasteiger partial charge in [-0.1, -0.05) is 44.2 Å². The lowest BCUT2D eigenvalue weighted by atomic mass is 9.87. The smallest absolute Gasteiger partial charge is 0.251 e. The second-order valence-corrected chi connectivity index (χ2v) is 8.55. The molecule has 1 N–H and O–H groups in total. The third kappa shape index (κ3) is 5.46. The Morgan fingerprint density at radius 1 is 1.10 bits per heavy atom. The Bertz CT molecular complexity index is 988. The summed E-state index contributed by atoms with van der Waals surface area (Å²) in [5.41, 5.74) is 2.96. The van der Waals surface area contributed by atoms with Crippen molar-refractivity contribution in [1.82, 2.24) is 14.9 Å². The summed E-state index contributed by atoms with van der Waals surface area (Å²) in [7, 11) is 1.62. The van der Waals surface area contributed by atoms with Crippen molar-refractivity contribution in [3.63, 3.8) is 0 Å². The highest BCUT2D eigenvalue weighted by molar-refractivity contribution is 5.94. The molecule has 1 aliphatic carbocycles. The Balaban J connectivity index is 1.34. The molecule has 3 aromatic rings. The van der Waals surface area contributed by atoms with E-state index in [0.717, 1.165) is 42.4 Å². The minimum Gasteiger partial charge on any atom is -0.497 e. The van der Waals surface area contributed by atoms with E-state index in [0.29, 0.717) is 12.1 Å². The molecule has 1 saturated carbocycles. The summed E-state index contributed by atoms with van der Waals surface area (Å²) in [6.45, 7) is 1.68. The summed E-state index contributed by atoms with van der Waals surface area (Å²) in [6, 6.07) is 15.6. The van der Waals surface area contributed by atoms with Gasteiger partial charge in [-0.25, -0.2) is 4.98 Å². The normalized spacial score (nSPS) is 14.6. The highest BCUT2D eigenvalue weighted by Gasteiger charge is 2.16. The summed E-state index contributed by atoms with van der Waals surface area (Å²) in [5, 5.41) is 3.03. The quantitative estimate of drug-likeness (QED) is 0.474. The van der Waals surface area contributed by atoms with Gasteiger partial charge in [-0.2, -0.15) is 0 Å². The molecule has 5 nitrogen and oxygen atoms in total. The van der Waals surface area contributed by atoms with Crippen LogP contribution >= 0.6 is 0 Å². The van der Waals surface area contributed by atoms with Crippen LogP contribution in [0, 0.1) is 5.92 Å². The van der Waals surface area contributed by atoms with Crippen LogP contribution in [0.15, 0.2) is 48.5 Å². The Hall–Kier alpha value is -2.82. The molecule has 164 valence electrons. The van der Waals surface area contributed by atoms with Gasteiger partial charge in [-0.3, -0.25) is 4.79 Å². The number of nitrogens with one attached hydrogen (secondary N) is 1. The number of carbonyl (C=O) groups excluding carboxylic acids is 1. The van der Waals surface area contributed by atoms with Crippen LogP contribution in [-0.2, 0) is 13.0 Å². The van der Waals surface area contributed by atoms with Crippen molar-refractivity contribution in [3.8, 4) is 5.75 Å². The number of fused-ring (bicyclic) bond motifs is 1. The first kappa shape index (κ1) is 21.4. The zero-order chi connectivity index (χ0) is 21.5. The first-order valence-electron chi connectivity index (χ1n) is 11.6. The number of para-hydroxylation sites is 2.